The van der Waals surface area contributed by atoms with Crippen LogP contribution in [0.25, 0.3) is 44.5 Å². The quantitative estimate of drug-likeness (QED) is 0.190. The first-order valence-electron chi connectivity index (χ1n) is 9.79. The molecule has 0 saturated heterocycles. The molecule has 3 nitrogen and oxygen atoms in total. The number of aromatic nitrogens is 3. The molecule has 5 aromatic rings. The Morgan fingerprint density at radius 3 is 2.43 bits per heavy atom. The predicted molar refractivity (Wildman–Crippen MR) is 121 cm³/mol. The Hall–Kier alpha value is -2.75. The summed E-state index contributed by atoms with van der Waals surface area (Å²) in [5.74, 6) is 0. The molecule has 0 atom stereocenters. The molecule has 3 heterocycles. The number of hydrogen-bond acceptors (Lipinski definition) is 3. The molecule has 0 unspecified atom stereocenters. The fraction of sp³-hybridized carbons (Fsp3) is 0.120. The maximum absolute atomic E-state index is 5.65. The molecule has 3 aromatic heterocycles. The molecule has 2 aromatic carbocycles. The third-order valence-electron chi connectivity index (χ3n) is 5.16. The second-order valence-electron chi connectivity index (χ2n) is 7.06. The largest absolute Gasteiger partial charge is 2.00 e. The molecular formula is C25H19N3NiS. The standard InChI is InChI=1S/C25H20N3S.Ni/c1-2-15-28-21-10-6-11-23(29)24(21)25-22(28)13-12-20(27-25)18-8-5-7-17(16-18)19-9-3-4-14-26-19;/h3-14,29H,2,15H2,1H3;/q-1;+2/p-1. The average molecular weight is 452 g/mol. The number of rotatable bonds is 4. The van der Waals surface area contributed by atoms with Crippen LogP contribution in [0.15, 0.2) is 77.8 Å². The molecule has 0 spiro atoms. The predicted octanol–water partition coefficient (Wildman–Crippen LogP) is 6.03. The van der Waals surface area contributed by atoms with Crippen LogP contribution >= 0.6 is 0 Å². The molecule has 30 heavy (non-hydrogen) atoms. The fourth-order valence-corrected chi connectivity index (χ4v) is 4.15. The maximum atomic E-state index is 5.65. The van der Waals surface area contributed by atoms with Crippen LogP contribution in [-0.2, 0) is 35.7 Å². The van der Waals surface area contributed by atoms with Crippen molar-refractivity contribution in [3.05, 3.63) is 79.0 Å². The Balaban J connectivity index is 0.00000218. The van der Waals surface area contributed by atoms with Crippen LogP contribution in [0.2, 0.25) is 0 Å². The Bertz CT molecular complexity index is 1330. The van der Waals surface area contributed by atoms with Gasteiger partial charge in [0.1, 0.15) is 0 Å². The van der Waals surface area contributed by atoms with Gasteiger partial charge in [-0.05, 0) is 24.6 Å². The van der Waals surface area contributed by atoms with E-state index >= 15 is 0 Å². The third-order valence-corrected chi connectivity index (χ3v) is 5.50. The number of pyridine rings is 2. The molecule has 0 amide bonds. The summed E-state index contributed by atoms with van der Waals surface area (Å²) in [4.78, 5) is 10.3. The van der Waals surface area contributed by atoms with E-state index in [0.717, 1.165) is 62.3 Å². The second-order valence-corrected chi connectivity index (χ2v) is 7.50. The summed E-state index contributed by atoms with van der Waals surface area (Å²) in [6.45, 7) is 3.14. The van der Waals surface area contributed by atoms with E-state index in [1.807, 2.05) is 48.5 Å². The van der Waals surface area contributed by atoms with Crippen LogP contribution in [-0.4, -0.2) is 14.5 Å². The molecule has 0 aliphatic rings. The van der Waals surface area contributed by atoms with Crippen LogP contribution in [0.3, 0.4) is 0 Å². The zero-order valence-electron chi connectivity index (χ0n) is 16.4. The second kappa shape index (κ2) is 8.55. The molecule has 0 N–H and O–H groups in total. The van der Waals surface area contributed by atoms with Crippen molar-refractivity contribution in [1.82, 2.24) is 14.5 Å². The molecule has 0 aliphatic heterocycles. The summed E-state index contributed by atoms with van der Waals surface area (Å²) >= 11 is 5.65. The zero-order chi connectivity index (χ0) is 19.8. The van der Waals surface area contributed by atoms with Crippen LogP contribution in [0.5, 0.6) is 0 Å². The summed E-state index contributed by atoms with van der Waals surface area (Å²) in [6, 6.07) is 25.8. The van der Waals surface area contributed by atoms with Gasteiger partial charge in [0.25, 0.3) is 0 Å². The van der Waals surface area contributed by atoms with E-state index in [-0.39, 0.29) is 16.5 Å². The molecule has 5 rings (SSSR count). The summed E-state index contributed by atoms with van der Waals surface area (Å²) in [5, 5.41) is 1.06. The van der Waals surface area contributed by atoms with Crippen molar-refractivity contribution in [3.8, 4) is 22.5 Å². The van der Waals surface area contributed by atoms with Crippen molar-refractivity contribution in [2.45, 2.75) is 24.8 Å². The molecule has 5 heteroatoms. The summed E-state index contributed by atoms with van der Waals surface area (Å²) in [6.07, 6.45) is 2.86. The summed E-state index contributed by atoms with van der Waals surface area (Å²) in [7, 11) is 0. The van der Waals surface area contributed by atoms with Gasteiger partial charge in [0.2, 0.25) is 0 Å². The number of nitrogens with zero attached hydrogens (tertiary/aromatic N) is 3. The van der Waals surface area contributed by atoms with Gasteiger partial charge in [0.15, 0.2) is 0 Å². The van der Waals surface area contributed by atoms with Gasteiger partial charge < -0.3 is 17.2 Å². The van der Waals surface area contributed by atoms with E-state index in [1.165, 1.54) is 0 Å². The minimum atomic E-state index is 0. The fourth-order valence-electron chi connectivity index (χ4n) is 3.87. The zero-order valence-corrected chi connectivity index (χ0v) is 18.2. The molecule has 0 bridgehead atoms. The average Bonchev–Trinajstić information content (AvgIpc) is 3.09. The van der Waals surface area contributed by atoms with Gasteiger partial charge in [-0.2, -0.15) is 4.90 Å². The van der Waals surface area contributed by atoms with Crippen molar-refractivity contribution in [2.24, 2.45) is 0 Å². The third kappa shape index (κ3) is 3.49. The first kappa shape index (κ1) is 20.5. The van der Waals surface area contributed by atoms with E-state index in [1.54, 1.807) is 6.20 Å². The topological polar surface area (TPSA) is 30.7 Å². The number of hydrogen-bond donors (Lipinski definition) is 0. The van der Waals surface area contributed by atoms with Crippen molar-refractivity contribution in [2.75, 3.05) is 0 Å². The molecule has 0 aliphatic carbocycles. The van der Waals surface area contributed by atoms with Crippen LogP contribution in [0.1, 0.15) is 13.3 Å². The number of fused-ring (bicyclic) bond motifs is 3. The van der Waals surface area contributed by atoms with Crippen molar-refractivity contribution in [1.29, 1.82) is 0 Å². The van der Waals surface area contributed by atoms with Gasteiger partial charge in [-0.15, -0.1) is 24.3 Å². The Morgan fingerprint density at radius 1 is 0.867 bits per heavy atom. The maximum Gasteiger partial charge on any atom is 2.00 e. The van der Waals surface area contributed by atoms with Gasteiger partial charge in [-0.25, -0.2) is 0 Å². The molecule has 0 saturated carbocycles. The monoisotopic (exact) mass is 451 g/mol. The van der Waals surface area contributed by atoms with Crippen molar-refractivity contribution in [3.63, 3.8) is 0 Å². The van der Waals surface area contributed by atoms with Crippen LogP contribution < -0.4 is 0 Å². The molecule has 150 valence electrons. The first-order valence-corrected chi connectivity index (χ1v) is 10.2. The van der Waals surface area contributed by atoms with Crippen molar-refractivity contribution >= 4 is 34.6 Å². The van der Waals surface area contributed by atoms with Gasteiger partial charge in [0.05, 0.1) is 11.0 Å². The molecule has 0 fully saturated rings. The minimum absolute atomic E-state index is 0. The smallest absolute Gasteiger partial charge is 0.779 e. The van der Waals surface area contributed by atoms with Crippen LogP contribution in [0, 0.1) is 6.07 Å². The van der Waals surface area contributed by atoms with E-state index in [2.05, 4.69) is 40.7 Å². The SMILES string of the molecule is CCCn1c2ccc(-c3[c-]c(-c4ccccn4)ccc3)nc2c2c([S-])cccc21.[Ni+2]. The Kier molecular flexibility index (Phi) is 5.85. The van der Waals surface area contributed by atoms with Gasteiger partial charge in [-0.3, -0.25) is 9.97 Å². The first-order chi connectivity index (χ1) is 14.3. The Labute approximate surface area is 191 Å². The molecular weight excluding hydrogens is 433 g/mol. The molecule has 0 radical (unpaired) electrons. The van der Waals surface area contributed by atoms with E-state index in [0.29, 0.717) is 0 Å². The van der Waals surface area contributed by atoms with Gasteiger partial charge in [0, 0.05) is 35.0 Å². The summed E-state index contributed by atoms with van der Waals surface area (Å²) in [5.41, 5.74) is 6.96. The van der Waals surface area contributed by atoms with E-state index in [9.17, 15) is 0 Å². The number of aryl methyl sites for hydroxylation is 1. The van der Waals surface area contributed by atoms with E-state index < -0.39 is 0 Å². The van der Waals surface area contributed by atoms with E-state index in [4.69, 9.17) is 17.6 Å². The van der Waals surface area contributed by atoms with Crippen molar-refractivity contribution < 1.29 is 16.5 Å². The minimum Gasteiger partial charge on any atom is -0.779 e. The summed E-state index contributed by atoms with van der Waals surface area (Å²) < 4.78 is 2.32. The Morgan fingerprint density at radius 2 is 1.67 bits per heavy atom. The van der Waals surface area contributed by atoms with Gasteiger partial charge >= 0.3 is 16.5 Å². The van der Waals surface area contributed by atoms with Gasteiger partial charge in [-0.1, -0.05) is 48.4 Å². The normalized spacial score (nSPS) is 11.0. The van der Waals surface area contributed by atoms with Crippen LogP contribution in [0.4, 0.5) is 0 Å². The number of benzene rings is 2.